The summed E-state index contributed by atoms with van der Waals surface area (Å²) in [6.07, 6.45) is 2.92. The van der Waals surface area contributed by atoms with E-state index in [2.05, 4.69) is 10.6 Å². The van der Waals surface area contributed by atoms with Crippen LogP contribution < -0.4 is 15.7 Å². The standard InChI is InChI=1S/C14H11N3O4S2/c18-12-5-3-9(17(20)21)8-11(12)15-14(22)16-13(19)6-4-10-2-1-7-23-10/h1-8,18H,(H2,15,16,19,22)/p-1/b6-4+. The molecule has 0 spiro atoms. The molecule has 1 aromatic heterocycles. The second-order valence-electron chi connectivity index (χ2n) is 4.23. The Morgan fingerprint density at radius 2 is 2.13 bits per heavy atom. The minimum atomic E-state index is -0.629. The van der Waals surface area contributed by atoms with E-state index in [1.165, 1.54) is 17.4 Å². The summed E-state index contributed by atoms with van der Waals surface area (Å²) in [7, 11) is 0. The summed E-state index contributed by atoms with van der Waals surface area (Å²) in [5, 5.41) is 28.9. The summed E-state index contributed by atoms with van der Waals surface area (Å²) in [5.74, 6) is -0.949. The van der Waals surface area contributed by atoms with E-state index in [9.17, 15) is 20.0 Å². The molecule has 0 bridgehead atoms. The second-order valence-corrected chi connectivity index (χ2v) is 5.62. The van der Waals surface area contributed by atoms with Gasteiger partial charge in [0.05, 0.1) is 4.92 Å². The van der Waals surface area contributed by atoms with E-state index < -0.39 is 16.6 Å². The van der Waals surface area contributed by atoms with Crippen molar-refractivity contribution >= 4 is 52.0 Å². The van der Waals surface area contributed by atoms with Crippen LogP contribution in [0, 0.1) is 10.1 Å². The molecular weight excluding hydrogens is 338 g/mol. The van der Waals surface area contributed by atoms with Crippen molar-refractivity contribution in [3.05, 3.63) is 56.8 Å². The van der Waals surface area contributed by atoms with Gasteiger partial charge in [0.2, 0.25) is 5.91 Å². The van der Waals surface area contributed by atoms with Gasteiger partial charge in [-0.25, -0.2) is 0 Å². The molecule has 1 amide bonds. The Bertz CT molecular complexity index is 772. The molecule has 0 aliphatic carbocycles. The van der Waals surface area contributed by atoms with Crippen molar-refractivity contribution < 1.29 is 14.8 Å². The first-order valence-electron chi connectivity index (χ1n) is 6.25. The van der Waals surface area contributed by atoms with Gasteiger partial charge in [0.25, 0.3) is 5.69 Å². The lowest BCUT2D eigenvalue weighted by atomic mass is 10.2. The normalized spacial score (nSPS) is 10.4. The van der Waals surface area contributed by atoms with Crippen LogP contribution in [-0.4, -0.2) is 15.9 Å². The van der Waals surface area contributed by atoms with Gasteiger partial charge in [0.15, 0.2) is 5.11 Å². The highest BCUT2D eigenvalue weighted by atomic mass is 32.1. The van der Waals surface area contributed by atoms with Crippen LogP contribution in [0.25, 0.3) is 6.08 Å². The topological polar surface area (TPSA) is 107 Å². The summed E-state index contributed by atoms with van der Waals surface area (Å²) in [6, 6.07) is 6.91. The molecular formula is C14H10N3O4S2-. The fourth-order valence-electron chi connectivity index (χ4n) is 1.58. The molecule has 23 heavy (non-hydrogen) atoms. The summed E-state index contributed by atoms with van der Waals surface area (Å²) in [6.45, 7) is 0. The van der Waals surface area contributed by atoms with Crippen molar-refractivity contribution in [1.82, 2.24) is 5.32 Å². The average Bonchev–Trinajstić information content (AvgIpc) is 3.00. The monoisotopic (exact) mass is 348 g/mol. The van der Waals surface area contributed by atoms with E-state index in [1.807, 2.05) is 17.5 Å². The molecule has 0 atom stereocenters. The predicted octanol–water partition coefficient (Wildman–Crippen LogP) is 2.26. The summed E-state index contributed by atoms with van der Waals surface area (Å²) < 4.78 is 0. The largest absolute Gasteiger partial charge is 0.871 e. The van der Waals surface area contributed by atoms with Crippen molar-refractivity contribution in [3.8, 4) is 5.75 Å². The maximum Gasteiger partial charge on any atom is 0.271 e. The smallest absolute Gasteiger partial charge is 0.271 e. The summed E-state index contributed by atoms with van der Waals surface area (Å²) >= 11 is 6.38. The van der Waals surface area contributed by atoms with Gasteiger partial charge in [-0.2, -0.15) is 0 Å². The zero-order valence-corrected chi connectivity index (χ0v) is 13.1. The maximum absolute atomic E-state index is 11.7. The number of nitro groups is 1. The number of anilines is 1. The molecule has 2 rings (SSSR count). The number of rotatable bonds is 4. The van der Waals surface area contributed by atoms with Crippen LogP contribution in [-0.2, 0) is 4.79 Å². The van der Waals surface area contributed by atoms with Crippen LogP contribution in [0.5, 0.6) is 5.75 Å². The van der Waals surface area contributed by atoms with Gasteiger partial charge >= 0.3 is 0 Å². The molecule has 1 heterocycles. The zero-order chi connectivity index (χ0) is 16.8. The number of carbonyl (C=O) groups excluding carboxylic acids is 1. The van der Waals surface area contributed by atoms with Crippen LogP contribution in [0.4, 0.5) is 11.4 Å². The Balaban J connectivity index is 1.98. The molecule has 7 nitrogen and oxygen atoms in total. The highest BCUT2D eigenvalue weighted by molar-refractivity contribution is 7.80. The highest BCUT2D eigenvalue weighted by Crippen LogP contribution is 2.25. The lowest BCUT2D eigenvalue weighted by Gasteiger charge is -2.15. The predicted molar refractivity (Wildman–Crippen MR) is 90.3 cm³/mol. The number of nitrogens with one attached hydrogen (secondary N) is 2. The summed E-state index contributed by atoms with van der Waals surface area (Å²) in [4.78, 5) is 22.7. The molecule has 1 aromatic carbocycles. The van der Waals surface area contributed by atoms with E-state index in [0.29, 0.717) is 0 Å². The number of benzene rings is 1. The molecule has 2 N–H and O–H groups in total. The zero-order valence-electron chi connectivity index (χ0n) is 11.5. The number of non-ortho nitro benzene ring substituents is 1. The van der Waals surface area contributed by atoms with Crippen LogP contribution in [0.2, 0.25) is 0 Å². The molecule has 0 saturated heterocycles. The molecule has 118 valence electrons. The lowest BCUT2D eigenvalue weighted by molar-refractivity contribution is -0.385. The SMILES string of the molecule is O=C(/C=C/c1cccs1)NC(=S)Nc1cc([N+](=O)[O-])ccc1[O-]. The number of nitro benzene ring substituents is 1. The van der Waals surface area contributed by atoms with E-state index in [0.717, 1.165) is 23.1 Å². The Morgan fingerprint density at radius 1 is 1.35 bits per heavy atom. The number of nitrogens with zero attached hydrogens (tertiary/aromatic N) is 1. The van der Waals surface area contributed by atoms with E-state index in [1.54, 1.807) is 6.08 Å². The second kappa shape index (κ2) is 7.47. The van der Waals surface area contributed by atoms with E-state index in [4.69, 9.17) is 12.2 Å². The van der Waals surface area contributed by atoms with Crippen LogP contribution in [0.15, 0.2) is 41.8 Å². The van der Waals surface area contributed by atoms with Gasteiger partial charge in [0, 0.05) is 28.8 Å². The van der Waals surface area contributed by atoms with Crippen LogP contribution in [0.1, 0.15) is 4.88 Å². The van der Waals surface area contributed by atoms with Crippen molar-refractivity contribution in [2.75, 3.05) is 5.32 Å². The maximum atomic E-state index is 11.7. The number of hydrogen-bond donors (Lipinski definition) is 2. The fourth-order valence-corrected chi connectivity index (χ4v) is 2.41. The number of thiophene rings is 1. The van der Waals surface area contributed by atoms with Crippen molar-refractivity contribution in [3.63, 3.8) is 0 Å². The summed E-state index contributed by atoms with van der Waals surface area (Å²) in [5.41, 5.74) is -0.328. The van der Waals surface area contributed by atoms with Crippen molar-refractivity contribution in [2.24, 2.45) is 0 Å². The van der Waals surface area contributed by atoms with Gasteiger partial charge < -0.3 is 10.4 Å². The van der Waals surface area contributed by atoms with Crippen LogP contribution in [0.3, 0.4) is 0 Å². The number of hydrogen-bond acceptors (Lipinski definition) is 6. The number of amides is 1. The van der Waals surface area contributed by atoms with Gasteiger partial charge in [-0.05, 0) is 29.7 Å². The minimum Gasteiger partial charge on any atom is -0.871 e. The van der Waals surface area contributed by atoms with Gasteiger partial charge in [0.1, 0.15) is 0 Å². The van der Waals surface area contributed by atoms with Gasteiger partial charge in [-0.1, -0.05) is 17.9 Å². The number of carbonyl (C=O) groups is 1. The van der Waals surface area contributed by atoms with Crippen molar-refractivity contribution in [2.45, 2.75) is 0 Å². The van der Waals surface area contributed by atoms with Crippen molar-refractivity contribution in [1.29, 1.82) is 0 Å². The third kappa shape index (κ3) is 4.87. The first-order chi connectivity index (χ1) is 11.0. The fraction of sp³-hybridized carbons (Fsp3) is 0. The van der Waals surface area contributed by atoms with Gasteiger partial charge in [-0.15, -0.1) is 11.3 Å². The van der Waals surface area contributed by atoms with E-state index >= 15 is 0 Å². The third-order valence-electron chi connectivity index (χ3n) is 2.60. The van der Waals surface area contributed by atoms with Gasteiger partial charge in [-0.3, -0.25) is 20.2 Å². The minimum absolute atomic E-state index is 0.0771. The molecule has 0 fully saturated rings. The Labute approximate surface area is 140 Å². The quantitative estimate of drug-likeness (QED) is 0.380. The Hall–Kier alpha value is -2.78. The third-order valence-corrected chi connectivity index (χ3v) is 3.64. The highest BCUT2D eigenvalue weighted by Gasteiger charge is 2.08. The molecule has 0 radical (unpaired) electrons. The first kappa shape index (κ1) is 16.6. The van der Waals surface area contributed by atoms with E-state index in [-0.39, 0.29) is 16.5 Å². The Morgan fingerprint density at radius 3 is 2.78 bits per heavy atom. The molecule has 0 saturated carbocycles. The first-order valence-corrected chi connectivity index (χ1v) is 7.53. The average molecular weight is 348 g/mol. The molecule has 0 unspecified atom stereocenters. The lowest BCUT2D eigenvalue weighted by Crippen LogP contribution is -2.33. The molecule has 2 aromatic rings. The Kier molecular flexibility index (Phi) is 5.39. The molecule has 0 aliphatic rings. The van der Waals surface area contributed by atoms with Crippen LogP contribution >= 0.6 is 23.6 Å². The number of thiocarbonyl (C=S) groups is 1. The molecule has 0 aliphatic heterocycles. The molecule has 9 heteroatoms.